The summed E-state index contributed by atoms with van der Waals surface area (Å²) in [5.74, 6) is 1.12. The average Bonchev–Trinajstić information content (AvgIpc) is 2.96. The van der Waals surface area contributed by atoms with E-state index in [4.69, 9.17) is 4.42 Å². The highest BCUT2D eigenvalue weighted by molar-refractivity contribution is 6.05. The number of nitrogens with zero attached hydrogens (tertiary/aromatic N) is 2. The van der Waals surface area contributed by atoms with E-state index in [1.807, 2.05) is 13.8 Å². The predicted molar refractivity (Wildman–Crippen MR) is 68.1 cm³/mol. The highest BCUT2D eigenvalue weighted by atomic mass is 16.4. The lowest BCUT2D eigenvalue weighted by molar-refractivity contribution is -0.138. The van der Waals surface area contributed by atoms with Crippen LogP contribution >= 0.6 is 0 Å². The molecule has 1 N–H and O–H groups in total. The second-order valence-electron chi connectivity index (χ2n) is 4.60. The van der Waals surface area contributed by atoms with Gasteiger partial charge in [-0.3, -0.25) is 19.8 Å². The topological polar surface area (TPSA) is 75.4 Å². The van der Waals surface area contributed by atoms with Gasteiger partial charge in [-0.2, -0.15) is 0 Å². The molecule has 1 aromatic rings. The zero-order valence-electron chi connectivity index (χ0n) is 11.3. The summed E-state index contributed by atoms with van der Waals surface area (Å²) in [4.78, 5) is 29.1. The van der Waals surface area contributed by atoms with Gasteiger partial charge in [-0.25, -0.2) is 4.98 Å². The van der Waals surface area contributed by atoms with Crippen LogP contribution in [0.1, 0.15) is 38.3 Å². The second kappa shape index (κ2) is 5.97. The van der Waals surface area contributed by atoms with Crippen LogP contribution in [-0.4, -0.2) is 34.3 Å². The quantitative estimate of drug-likeness (QED) is 0.772. The zero-order valence-corrected chi connectivity index (χ0v) is 11.3. The third-order valence-electron chi connectivity index (χ3n) is 3.14. The van der Waals surface area contributed by atoms with Crippen molar-refractivity contribution >= 4 is 11.8 Å². The van der Waals surface area contributed by atoms with Crippen molar-refractivity contribution in [3.8, 4) is 0 Å². The molecule has 0 aromatic carbocycles. The van der Waals surface area contributed by atoms with Crippen molar-refractivity contribution in [3.63, 3.8) is 0 Å². The van der Waals surface area contributed by atoms with Crippen molar-refractivity contribution in [2.45, 2.75) is 45.7 Å². The number of nitrogens with one attached hydrogen (secondary N) is 1. The summed E-state index contributed by atoms with van der Waals surface area (Å²) >= 11 is 0. The molecular weight excluding hydrogens is 246 g/mol. The molecule has 0 radical (unpaired) electrons. The van der Waals surface area contributed by atoms with E-state index in [1.165, 1.54) is 4.90 Å². The molecule has 1 unspecified atom stereocenters. The summed E-state index contributed by atoms with van der Waals surface area (Å²) in [5, 5.41) is 3.04. The summed E-state index contributed by atoms with van der Waals surface area (Å²) in [6, 6.07) is -0.448. The third kappa shape index (κ3) is 3.01. The van der Waals surface area contributed by atoms with Gasteiger partial charge >= 0.3 is 0 Å². The first kappa shape index (κ1) is 13.7. The van der Waals surface area contributed by atoms with Crippen molar-refractivity contribution in [2.75, 3.05) is 6.54 Å². The third-order valence-corrected chi connectivity index (χ3v) is 3.14. The fourth-order valence-corrected chi connectivity index (χ4v) is 2.10. The van der Waals surface area contributed by atoms with Crippen LogP contribution in [0.25, 0.3) is 0 Å². The first-order chi connectivity index (χ1) is 9.15. The van der Waals surface area contributed by atoms with Gasteiger partial charge in [0.2, 0.25) is 17.7 Å². The Bertz CT molecular complexity index is 469. The maximum atomic E-state index is 12.0. The molecule has 2 heterocycles. The number of rotatable bonds is 6. The summed E-state index contributed by atoms with van der Waals surface area (Å²) in [6.45, 7) is 4.79. The molecule has 0 aliphatic carbocycles. The molecule has 2 amide bonds. The number of oxazole rings is 1. The maximum absolute atomic E-state index is 12.0. The number of hydrogen-bond donors (Lipinski definition) is 1. The summed E-state index contributed by atoms with van der Waals surface area (Å²) in [6.07, 6.45) is 3.48. The Balaban J connectivity index is 1.90. The monoisotopic (exact) mass is 265 g/mol. The minimum absolute atomic E-state index is 0.106. The molecule has 1 fully saturated rings. The lowest BCUT2D eigenvalue weighted by Crippen LogP contribution is -2.38. The minimum Gasteiger partial charge on any atom is -0.444 e. The molecule has 6 heteroatoms. The highest BCUT2D eigenvalue weighted by Crippen LogP contribution is 2.14. The van der Waals surface area contributed by atoms with E-state index in [2.05, 4.69) is 10.3 Å². The Morgan fingerprint density at radius 1 is 1.47 bits per heavy atom. The molecule has 1 aromatic heterocycles. The Morgan fingerprint density at radius 2 is 2.26 bits per heavy atom. The number of likely N-dealkylation sites (tertiary alicyclic amines) is 1. The van der Waals surface area contributed by atoms with E-state index in [0.29, 0.717) is 19.0 Å². The maximum Gasteiger partial charge on any atom is 0.246 e. The smallest absolute Gasteiger partial charge is 0.246 e. The van der Waals surface area contributed by atoms with Gasteiger partial charge in [0.25, 0.3) is 0 Å². The van der Waals surface area contributed by atoms with Gasteiger partial charge in [0.05, 0.1) is 25.2 Å². The van der Waals surface area contributed by atoms with Crippen LogP contribution < -0.4 is 5.32 Å². The van der Waals surface area contributed by atoms with Crippen LogP contribution in [0.4, 0.5) is 0 Å². The first-order valence-corrected chi connectivity index (χ1v) is 6.66. The highest BCUT2D eigenvalue weighted by Gasteiger charge is 2.37. The summed E-state index contributed by atoms with van der Waals surface area (Å²) in [7, 11) is 0. The van der Waals surface area contributed by atoms with Crippen LogP contribution in [0.3, 0.4) is 0 Å². The lowest BCUT2D eigenvalue weighted by atomic mass is 10.2. The van der Waals surface area contributed by atoms with Gasteiger partial charge in [0.15, 0.2) is 0 Å². The van der Waals surface area contributed by atoms with Crippen LogP contribution in [0.5, 0.6) is 0 Å². The molecule has 1 aliphatic rings. The van der Waals surface area contributed by atoms with E-state index in [0.717, 1.165) is 18.6 Å². The molecule has 6 nitrogen and oxygen atoms in total. The van der Waals surface area contributed by atoms with Crippen molar-refractivity contribution in [1.82, 2.24) is 15.2 Å². The number of amides is 2. The van der Waals surface area contributed by atoms with Gasteiger partial charge in [-0.15, -0.1) is 0 Å². The second-order valence-corrected chi connectivity index (χ2v) is 4.60. The van der Waals surface area contributed by atoms with E-state index in [9.17, 15) is 9.59 Å². The number of aromatic nitrogens is 1. The zero-order chi connectivity index (χ0) is 13.8. The standard InChI is InChI=1S/C13H19N3O3/c1-3-5-16-12(17)6-10(13(16)18)14-8-11-15-7-9(4-2)19-11/h7,10,14H,3-6,8H2,1-2H3. The van der Waals surface area contributed by atoms with Crippen molar-refractivity contribution in [1.29, 1.82) is 0 Å². The molecule has 0 spiro atoms. The molecule has 2 rings (SSSR count). The molecule has 0 bridgehead atoms. The number of imide groups is 1. The van der Waals surface area contributed by atoms with E-state index in [-0.39, 0.29) is 18.2 Å². The molecule has 1 saturated heterocycles. The average molecular weight is 265 g/mol. The van der Waals surface area contributed by atoms with Gasteiger partial charge in [-0.1, -0.05) is 13.8 Å². The van der Waals surface area contributed by atoms with Gasteiger partial charge in [0.1, 0.15) is 5.76 Å². The van der Waals surface area contributed by atoms with E-state index >= 15 is 0 Å². The molecule has 0 saturated carbocycles. The summed E-state index contributed by atoms with van der Waals surface area (Å²) < 4.78 is 5.45. The van der Waals surface area contributed by atoms with Crippen LogP contribution in [0.2, 0.25) is 0 Å². The van der Waals surface area contributed by atoms with Crippen molar-refractivity contribution in [2.24, 2.45) is 0 Å². The lowest BCUT2D eigenvalue weighted by Gasteiger charge is -2.13. The van der Waals surface area contributed by atoms with Crippen LogP contribution in [-0.2, 0) is 22.6 Å². The Kier molecular flexibility index (Phi) is 4.31. The SMILES string of the molecule is CCCN1C(=O)CC(NCc2ncc(CC)o2)C1=O. The number of aryl methyl sites for hydroxylation is 1. The number of hydrogen-bond acceptors (Lipinski definition) is 5. The van der Waals surface area contributed by atoms with Gasteiger partial charge < -0.3 is 4.42 Å². The molecule has 1 atom stereocenters. The molecule has 1 aliphatic heterocycles. The molecule has 104 valence electrons. The van der Waals surface area contributed by atoms with Crippen LogP contribution in [0, 0.1) is 0 Å². The number of carbonyl (C=O) groups is 2. The minimum atomic E-state index is -0.448. The molecular formula is C13H19N3O3. The Hall–Kier alpha value is -1.69. The number of carbonyl (C=O) groups excluding carboxylic acids is 2. The van der Waals surface area contributed by atoms with Crippen LogP contribution in [0.15, 0.2) is 10.6 Å². The normalized spacial score (nSPS) is 19.5. The van der Waals surface area contributed by atoms with E-state index < -0.39 is 6.04 Å². The Morgan fingerprint density at radius 3 is 2.89 bits per heavy atom. The van der Waals surface area contributed by atoms with Gasteiger partial charge in [0, 0.05) is 13.0 Å². The van der Waals surface area contributed by atoms with Crippen molar-refractivity contribution in [3.05, 3.63) is 17.8 Å². The Labute approximate surface area is 112 Å². The summed E-state index contributed by atoms with van der Waals surface area (Å²) in [5.41, 5.74) is 0. The van der Waals surface area contributed by atoms with E-state index in [1.54, 1.807) is 6.20 Å². The fraction of sp³-hybridized carbons (Fsp3) is 0.615. The molecule has 19 heavy (non-hydrogen) atoms. The predicted octanol–water partition coefficient (Wildman–Crippen LogP) is 0.864. The largest absolute Gasteiger partial charge is 0.444 e. The first-order valence-electron chi connectivity index (χ1n) is 6.66. The van der Waals surface area contributed by atoms with Gasteiger partial charge in [-0.05, 0) is 6.42 Å². The van der Waals surface area contributed by atoms with Crippen molar-refractivity contribution < 1.29 is 14.0 Å². The fourth-order valence-electron chi connectivity index (χ4n) is 2.10.